The Morgan fingerprint density at radius 1 is 1.00 bits per heavy atom. The SMILES string of the molecule is CCCCCCCCOC1CC(Cl)C1(CC)CC. The van der Waals surface area contributed by atoms with E-state index in [0.717, 1.165) is 25.9 Å². The normalized spacial score (nSPS) is 26.0. The maximum atomic E-state index is 6.38. The minimum atomic E-state index is 0.268. The van der Waals surface area contributed by atoms with E-state index in [1.165, 1.54) is 38.5 Å². The van der Waals surface area contributed by atoms with Crippen LogP contribution in [0.25, 0.3) is 0 Å². The first-order chi connectivity index (χ1) is 8.71. The molecular weight excluding hydrogens is 244 g/mol. The summed E-state index contributed by atoms with van der Waals surface area (Å²) in [6.45, 7) is 7.69. The summed E-state index contributed by atoms with van der Waals surface area (Å²) in [7, 11) is 0. The van der Waals surface area contributed by atoms with Crippen LogP contribution in [0.1, 0.15) is 78.6 Å². The molecule has 0 N–H and O–H groups in total. The molecule has 0 aromatic carbocycles. The number of unbranched alkanes of at least 4 members (excludes halogenated alkanes) is 5. The van der Waals surface area contributed by atoms with Gasteiger partial charge in [-0.3, -0.25) is 0 Å². The van der Waals surface area contributed by atoms with Gasteiger partial charge in [0.2, 0.25) is 0 Å². The molecule has 1 aliphatic carbocycles. The van der Waals surface area contributed by atoms with E-state index in [1.807, 2.05) is 0 Å². The van der Waals surface area contributed by atoms with Crippen LogP contribution in [0, 0.1) is 5.41 Å². The van der Waals surface area contributed by atoms with E-state index < -0.39 is 0 Å². The highest BCUT2D eigenvalue weighted by molar-refractivity contribution is 6.21. The lowest BCUT2D eigenvalue weighted by Crippen LogP contribution is -2.55. The summed E-state index contributed by atoms with van der Waals surface area (Å²) in [5, 5.41) is 0.335. The predicted molar refractivity (Wildman–Crippen MR) is 80.4 cm³/mol. The molecule has 0 saturated heterocycles. The first-order valence-electron chi connectivity index (χ1n) is 7.96. The Hall–Kier alpha value is 0.250. The number of rotatable bonds is 10. The highest BCUT2D eigenvalue weighted by Gasteiger charge is 2.52. The third kappa shape index (κ3) is 3.87. The first-order valence-corrected chi connectivity index (χ1v) is 8.40. The summed E-state index contributed by atoms with van der Waals surface area (Å²) < 4.78 is 6.07. The Labute approximate surface area is 119 Å². The summed E-state index contributed by atoms with van der Waals surface area (Å²) in [5.41, 5.74) is 0.268. The number of hydrogen-bond acceptors (Lipinski definition) is 1. The predicted octanol–water partition coefficient (Wildman–Crippen LogP) is 5.55. The number of ether oxygens (including phenoxy) is 1. The minimum Gasteiger partial charge on any atom is -0.378 e. The van der Waals surface area contributed by atoms with Gasteiger partial charge in [-0.15, -0.1) is 11.6 Å². The first kappa shape index (κ1) is 16.3. The van der Waals surface area contributed by atoms with Gasteiger partial charge < -0.3 is 4.74 Å². The minimum absolute atomic E-state index is 0.268. The van der Waals surface area contributed by atoms with E-state index in [-0.39, 0.29) is 5.41 Å². The van der Waals surface area contributed by atoms with Gasteiger partial charge >= 0.3 is 0 Å². The lowest BCUT2D eigenvalue weighted by molar-refractivity contribution is -0.112. The summed E-state index contributed by atoms with van der Waals surface area (Å²) in [4.78, 5) is 0. The molecule has 2 atom stereocenters. The fourth-order valence-corrected chi connectivity index (χ4v) is 3.80. The molecule has 0 radical (unpaired) electrons. The quantitative estimate of drug-likeness (QED) is 0.375. The highest BCUT2D eigenvalue weighted by atomic mass is 35.5. The molecule has 108 valence electrons. The van der Waals surface area contributed by atoms with Crippen molar-refractivity contribution >= 4 is 11.6 Å². The van der Waals surface area contributed by atoms with Crippen LogP contribution in [-0.2, 0) is 4.74 Å². The fraction of sp³-hybridized carbons (Fsp3) is 1.00. The third-order valence-corrected chi connectivity index (χ3v) is 5.43. The molecule has 18 heavy (non-hydrogen) atoms. The van der Waals surface area contributed by atoms with Gasteiger partial charge in [-0.2, -0.15) is 0 Å². The average molecular weight is 275 g/mol. The van der Waals surface area contributed by atoms with Crippen LogP contribution in [0.3, 0.4) is 0 Å². The van der Waals surface area contributed by atoms with E-state index in [2.05, 4.69) is 20.8 Å². The largest absolute Gasteiger partial charge is 0.378 e. The summed E-state index contributed by atoms with van der Waals surface area (Å²) in [6, 6.07) is 0. The molecule has 0 aromatic rings. The molecule has 0 amide bonds. The second-order valence-corrected chi connectivity index (χ2v) is 6.30. The molecule has 2 unspecified atom stereocenters. The lowest BCUT2D eigenvalue weighted by atomic mass is 9.62. The van der Waals surface area contributed by atoms with Crippen LogP contribution in [0.15, 0.2) is 0 Å². The molecule has 0 spiro atoms. The maximum absolute atomic E-state index is 6.38. The Morgan fingerprint density at radius 3 is 2.17 bits per heavy atom. The Bertz CT molecular complexity index is 213. The van der Waals surface area contributed by atoms with Crippen molar-refractivity contribution in [2.45, 2.75) is 90.0 Å². The Balaban J connectivity index is 2.09. The van der Waals surface area contributed by atoms with Crippen molar-refractivity contribution in [1.29, 1.82) is 0 Å². The van der Waals surface area contributed by atoms with E-state index in [0.29, 0.717) is 11.5 Å². The van der Waals surface area contributed by atoms with Gasteiger partial charge in [0, 0.05) is 17.4 Å². The monoisotopic (exact) mass is 274 g/mol. The molecule has 0 aromatic heterocycles. The molecule has 0 bridgehead atoms. The summed E-state index contributed by atoms with van der Waals surface area (Å²) >= 11 is 6.38. The van der Waals surface area contributed by atoms with Crippen molar-refractivity contribution in [3.8, 4) is 0 Å². The van der Waals surface area contributed by atoms with Gasteiger partial charge in [-0.05, 0) is 25.7 Å². The molecule has 1 saturated carbocycles. The van der Waals surface area contributed by atoms with Crippen LogP contribution < -0.4 is 0 Å². The van der Waals surface area contributed by atoms with Crippen LogP contribution >= 0.6 is 11.6 Å². The second-order valence-electron chi connectivity index (χ2n) is 5.77. The van der Waals surface area contributed by atoms with Gasteiger partial charge in [-0.1, -0.05) is 52.9 Å². The number of hydrogen-bond donors (Lipinski definition) is 0. The lowest BCUT2D eigenvalue weighted by Gasteiger charge is -2.52. The smallest absolute Gasteiger partial charge is 0.0659 e. The molecule has 1 rings (SSSR count). The van der Waals surface area contributed by atoms with Gasteiger partial charge in [0.15, 0.2) is 0 Å². The maximum Gasteiger partial charge on any atom is 0.0659 e. The van der Waals surface area contributed by atoms with Crippen molar-refractivity contribution in [3.05, 3.63) is 0 Å². The Morgan fingerprint density at radius 2 is 1.61 bits per heavy atom. The number of halogens is 1. The molecule has 1 fully saturated rings. The average Bonchev–Trinajstić information content (AvgIpc) is 2.38. The second kappa shape index (κ2) is 8.43. The molecule has 2 heteroatoms. The Kier molecular flexibility index (Phi) is 7.63. The van der Waals surface area contributed by atoms with Crippen molar-refractivity contribution in [3.63, 3.8) is 0 Å². The van der Waals surface area contributed by atoms with E-state index >= 15 is 0 Å². The number of alkyl halides is 1. The van der Waals surface area contributed by atoms with E-state index in [1.54, 1.807) is 0 Å². The molecular formula is C16H31ClO. The van der Waals surface area contributed by atoms with E-state index in [9.17, 15) is 0 Å². The topological polar surface area (TPSA) is 9.23 Å². The zero-order valence-corrected chi connectivity index (χ0v) is 13.3. The molecule has 0 heterocycles. The fourth-order valence-electron chi connectivity index (χ4n) is 3.19. The molecule has 1 aliphatic rings. The van der Waals surface area contributed by atoms with Gasteiger partial charge in [0.05, 0.1) is 6.10 Å². The van der Waals surface area contributed by atoms with E-state index in [4.69, 9.17) is 16.3 Å². The van der Waals surface area contributed by atoms with Crippen LogP contribution in [-0.4, -0.2) is 18.1 Å². The summed E-state index contributed by atoms with van der Waals surface area (Å²) in [5.74, 6) is 0. The van der Waals surface area contributed by atoms with Crippen LogP contribution in [0.5, 0.6) is 0 Å². The molecule has 1 nitrogen and oxygen atoms in total. The third-order valence-electron chi connectivity index (χ3n) is 4.82. The highest BCUT2D eigenvalue weighted by Crippen LogP contribution is 2.51. The van der Waals surface area contributed by atoms with Gasteiger partial charge in [0.1, 0.15) is 0 Å². The van der Waals surface area contributed by atoms with Gasteiger partial charge in [0.25, 0.3) is 0 Å². The molecule has 0 aliphatic heterocycles. The standard InChI is InChI=1S/C16H31ClO/c1-4-7-8-9-10-11-12-18-15-13-14(17)16(15,5-2)6-3/h14-15H,4-13H2,1-3H3. The summed E-state index contributed by atoms with van der Waals surface area (Å²) in [6.07, 6.45) is 11.8. The zero-order valence-electron chi connectivity index (χ0n) is 12.5. The van der Waals surface area contributed by atoms with Crippen molar-refractivity contribution in [2.75, 3.05) is 6.61 Å². The zero-order chi connectivity index (χ0) is 13.4. The van der Waals surface area contributed by atoms with Crippen LogP contribution in [0.4, 0.5) is 0 Å². The van der Waals surface area contributed by atoms with Crippen molar-refractivity contribution < 1.29 is 4.74 Å². The van der Waals surface area contributed by atoms with Gasteiger partial charge in [-0.25, -0.2) is 0 Å². The van der Waals surface area contributed by atoms with Crippen molar-refractivity contribution in [1.82, 2.24) is 0 Å². The van der Waals surface area contributed by atoms with Crippen LogP contribution in [0.2, 0.25) is 0 Å². The van der Waals surface area contributed by atoms with Crippen molar-refractivity contribution in [2.24, 2.45) is 5.41 Å².